The van der Waals surface area contributed by atoms with E-state index in [1.165, 1.54) is 19.3 Å². The van der Waals surface area contributed by atoms with E-state index < -0.39 is 0 Å². The molecular weight excluding hydrogens is 304 g/mol. The summed E-state index contributed by atoms with van der Waals surface area (Å²) in [5, 5.41) is 0. The summed E-state index contributed by atoms with van der Waals surface area (Å²) in [5.41, 5.74) is 1.86. The number of benzene rings is 1. The third kappa shape index (κ3) is 2.70. The van der Waals surface area contributed by atoms with Gasteiger partial charge in [-0.1, -0.05) is 22.4 Å². The number of anilines is 1. The summed E-state index contributed by atoms with van der Waals surface area (Å²) in [6.45, 7) is 4.30. The number of hydrogen-bond donors (Lipinski definition) is 0. The molecule has 0 N–H and O–H groups in total. The molecule has 1 saturated heterocycles. The topological polar surface area (TPSA) is 23.6 Å². The average Bonchev–Trinajstić information content (AvgIpc) is 2.38. The fourth-order valence-electron chi connectivity index (χ4n) is 2.99. The third-order valence-corrected chi connectivity index (χ3v) is 4.86. The van der Waals surface area contributed by atoms with Gasteiger partial charge in [-0.2, -0.15) is 0 Å². The zero-order valence-electron chi connectivity index (χ0n) is 11.0. The lowest BCUT2D eigenvalue weighted by Gasteiger charge is -2.43. The van der Waals surface area contributed by atoms with Gasteiger partial charge >= 0.3 is 0 Å². The fourth-order valence-corrected chi connectivity index (χ4v) is 3.37. The highest BCUT2D eigenvalue weighted by Crippen LogP contribution is 2.28. The van der Waals surface area contributed by atoms with E-state index in [-0.39, 0.29) is 0 Å². The lowest BCUT2D eigenvalue weighted by molar-refractivity contribution is 0.112. The number of piperazine rings is 1. The van der Waals surface area contributed by atoms with Gasteiger partial charge < -0.3 is 4.90 Å². The van der Waals surface area contributed by atoms with Crippen molar-refractivity contribution in [3.8, 4) is 0 Å². The minimum atomic E-state index is 0.784. The zero-order chi connectivity index (χ0) is 13.2. The van der Waals surface area contributed by atoms with Crippen LogP contribution in [0.25, 0.3) is 0 Å². The number of halogens is 1. The maximum Gasteiger partial charge on any atom is 0.152 e. The molecule has 0 amide bonds. The highest BCUT2D eigenvalue weighted by atomic mass is 79.9. The molecule has 1 heterocycles. The summed E-state index contributed by atoms with van der Waals surface area (Å²) < 4.78 is 0.964. The van der Waals surface area contributed by atoms with Gasteiger partial charge in [0.1, 0.15) is 0 Å². The lowest BCUT2D eigenvalue weighted by atomic mass is 9.91. The molecule has 3 nitrogen and oxygen atoms in total. The molecule has 102 valence electrons. The second-order valence-corrected chi connectivity index (χ2v) is 6.34. The minimum absolute atomic E-state index is 0.784. The number of hydrogen-bond acceptors (Lipinski definition) is 3. The van der Waals surface area contributed by atoms with Gasteiger partial charge in [0.05, 0.1) is 0 Å². The Morgan fingerprint density at radius 1 is 1.16 bits per heavy atom. The predicted octanol–water partition coefficient (Wildman–Crippen LogP) is 2.94. The Balaban J connectivity index is 1.69. The van der Waals surface area contributed by atoms with E-state index in [1.807, 2.05) is 18.2 Å². The molecule has 1 aliphatic carbocycles. The predicted molar refractivity (Wildman–Crippen MR) is 81.0 cm³/mol. The molecule has 0 spiro atoms. The van der Waals surface area contributed by atoms with Crippen LogP contribution in [0.5, 0.6) is 0 Å². The largest absolute Gasteiger partial charge is 0.368 e. The van der Waals surface area contributed by atoms with Gasteiger partial charge in [0.15, 0.2) is 6.29 Å². The number of aldehydes is 1. The minimum Gasteiger partial charge on any atom is -0.368 e. The number of rotatable bonds is 3. The standard InChI is InChI=1S/C15H19BrN2O/c16-13-4-5-15(12(10-13)11-19)18-8-6-17(7-9-18)14-2-1-3-14/h4-5,10-11,14H,1-3,6-9H2. The van der Waals surface area contributed by atoms with Crippen molar-refractivity contribution in [3.63, 3.8) is 0 Å². The highest BCUT2D eigenvalue weighted by molar-refractivity contribution is 9.10. The molecule has 0 aromatic heterocycles. The summed E-state index contributed by atoms with van der Waals surface area (Å²) in [7, 11) is 0. The Morgan fingerprint density at radius 3 is 2.47 bits per heavy atom. The van der Waals surface area contributed by atoms with Crippen molar-refractivity contribution in [1.29, 1.82) is 0 Å². The maximum absolute atomic E-state index is 11.2. The maximum atomic E-state index is 11.2. The van der Waals surface area contributed by atoms with E-state index in [4.69, 9.17) is 0 Å². The molecule has 1 aliphatic heterocycles. The molecule has 0 unspecified atom stereocenters. The molecular formula is C15H19BrN2O. The van der Waals surface area contributed by atoms with Gasteiger partial charge in [-0.15, -0.1) is 0 Å². The monoisotopic (exact) mass is 322 g/mol. The Hall–Kier alpha value is -0.870. The number of carbonyl (C=O) groups excluding carboxylic acids is 1. The van der Waals surface area contributed by atoms with Gasteiger partial charge in [-0.3, -0.25) is 9.69 Å². The van der Waals surface area contributed by atoms with E-state index >= 15 is 0 Å². The van der Waals surface area contributed by atoms with Crippen LogP contribution in [0.4, 0.5) is 5.69 Å². The first-order valence-corrected chi connectivity index (χ1v) is 7.81. The smallest absolute Gasteiger partial charge is 0.152 e. The first-order valence-electron chi connectivity index (χ1n) is 7.01. The van der Waals surface area contributed by atoms with Gasteiger partial charge in [-0.05, 0) is 31.0 Å². The van der Waals surface area contributed by atoms with Crippen LogP contribution in [-0.2, 0) is 0 Å². The van der Waals surface area contributed by atoms with E-state index in [1.54, 1.807) is 0 Å². The van der Waals surface area contributed by atoms with E-state index in [2.05, 4.69) is 25.7 Å². The first kappa shape index (κ1) is 13.1. The lowest BCUT2D eigenvalue weighted by Crippen LogP contribution is -2.52. The molecule has 3 rings (SSSR count). The van der Waals surface area contributed by atoms with Crippen LogP contribution in [-0.4, -0.2) is 43.4 Å². The van der Waals surface area contributed by atoms with Crippen molar-refractivity contribution in [2.75, 3.05) is 31.1 Å². The van der Waals surface area contributed by atoms with Crippen LogP contribution in [0, 0.1) is 0 Å². The van der Waals surface area contributed by atoms with Crippen molar-refractivity contribution >= 4 is 27.9 Å². The molecule has 4 heteroatoms. The van der Waals surface area contributed by atoms with Crippen molar-refractivity contribution in [3.05, 3.63) is 28.2 Å². The van der Waals surface area contributed by atoms with Crippen LogP contribution >= 0.6 is 15.9 Å². The Kier molecular flexibility index (Phi) is 3.89. The highest BCUT2D eigenvalue weighted by Gasteiger charge is 2.28. The van der Waals surface area contributed by atoms with Crippen LogP contribution in [0.15, 0.2) is 22.7 Å². The SMILES string of the molecule is O=Cc1cc(Br)ccc1N1CCN(C2CCC2)CC1. The van der Waals surface area contributed by atoms with Crippen LogP contribution in [0.2, 0.25) is 0 Å². The van der Waals surface area contributed by atoms with Crippen molar-refractivity contribution < 1.29 is 4.79 Å². The summed E-state index contributed by atoms with van der Waals surface area (Å²) >= 11 is 3.42. The second kappa shape index (κ2) is 5.63. The van der Waals surface area contributed by atoms with E-state index in [0.29, 0.717) is 0 Å². The molecule has 0 bridgehead atoms. The molecule has 2 aliphatic rings. The molecule has 1 aromatic rings. The summed E-state index contributed by atoms with van der Waals surface area (Å²) in [5.74, 6) is 0. The Bertz CT molecular complexity index is 465. The molecule has 19 heavy (non-hydrogen) atoms. The van der Waals surface area contributed by atoms with Crippen LogP contribution in [0.1, 0.15) is 29.6 Å². The summed E-state index contributed by atoms with van der Waals surface area (Å²) in [6.07, 6.45) is 5.10. The quantitative estimate of drug-likeness (QED) is 0.799. The first-order chi connectivity index (χ1) is 9.28. The van der Waals surface area contributed by atoms with Crippen LogP contribution < -0.4 is 4.90 Å². The average molecular weight is 323 g/mol. The molecule has 0 atom stereocenters. The van der Waals surface area contributed by atoms with Crippen molar-refractivity contribution in [2.24, 2.45) is 0 Å². The number of carbonyl (C=O) groups is 1. The van der Waals surface area contributed by atoms with Gasteiger partial charge in [0.2, 0.25) is 0 Å². The van der Waals surface area contributed by atoms with E-state index in [9.17, 15) is 4.79 Å². The van der Waals surface area contributed by atoms with Gasteiger partial charge in [0.25, 0.3) is 0 Å². The van der Waals surface area contributed by atoms with E-state index in [0.717, 1.165) is 54.2 Å². The molecule has 0 radical (unpaired) electrons. The van der Waals surface area contributed by atoms with Crippen molar-refractivity contribution in [1.82, 2.24) is 4.90 Å². The molecule has 1 aromatic carbocycles. The normalized spacial score (nSPS) is 21.2. The number of nitrogens with zero attached hydrogens (tertiary/aromatic N) is 2. The van der Waals surface area contributed by atoms with Gasteiger partial charge in [-0.25, -0.2) is 0 Å². The summed E-state index contributed by atoms with van der Waals surface area (Å²) in [6, 6.07) is 6.80. The fraction of sp³-hybridized carbons (Fsp3) is 0.533. The zero-order valence-corrected chi connectivity index (χ0v) is 12.6. The molecule has 2 fully saturated rings. The Morgan fingerprint density at radius 2 is 1.89 bits per heavy atom. The third-order valence-electron chi connectivity index (χ3n) is 4.36. The Labute approximate surface area is 122 Å². The molecule has 1 saturated carbocycles. The van der Waals surface area contributed by atoms with Crippen molar-refractivity contribution in [2.45, 2.75) is 25.3 Å². The van der Waals surface area contributed by atoms with Gasteiger partial charge in [0, 0.05) is 47.9 Å². The summed E-state index contributed by atoms with van der Waals surface area (Å²) in [4.78, 5) is 16.1. The second-order valence-electron chi connectivity index (χ2n) is 5.43. The van der Waals surface area contributed by atoms with Crippen LogP contribution in [0.3, 0.4) is 0 Å².